The quantitative estimate of drug-likeness (QED) is 0.382. The monoisotopic (exact) mass is 461 g/mol. The van der Waals surface area contributed by atoms with Gasteiger partial charge in [-0.15, -0.1) is 0 Å². The molecule has 1 aliphatic rings. The van der Waals surface area contributed by atoms with Crippen LogP contribution < -0.4 is 15.6 Å². The van der Waals surface area contributed by atoms with Gasteiger partial charge in [0.15, 0.2) is 0 Å². The highest BCUT2D eigenvalue weighted by Gasteiger charge is 2.23. The summed E-state index contributed by atoms with van der Waals surface area (Å²) in [6.07, 6.45) is 4.15. The van der Waals surface area contributed by atoms with Gasteiger partial charge in [0, 0.05) is 28.1 Å². The molecule has 7 nitrogen and oxygen atoms in total. The summed E-state index contributed by atoms with van der Waals surface area (Å²) in [5, 5.41) is 15.6. The molecule has 4 rings (SSSR count). The Kier molecular flexibility index (Phi) is 6.46. The van der Waals surface area contributed by atoms with Crippen LogP contribution >= 0.6 is 23.2 Å². The minimum atomic E-state index is -0.558. The van der Waals surface area contributed by atoms with E-state index < -0.39 is 10.5 Å². The first-order valence-electron chi connectivity index (χ1n) is 10.1. The van der Waals surface area contributed by atoms with Crippen LogP contribution in [-0.2, 0) is 0 Å². The molecule has 1 saturated heterocycles. The Morgan fingerprint density at radius 1 is 1.16 bits per heavy atom. The van der Waals surface area contributed by atoms with E-state index >= 15 is 0 Å². The topological polar surface area (TPSA) is 97.3 Å². The van der Waals surface area contributed by atoms with Crippen molar-refractivity contribution in [2.45, 2.75) is 31.7 Å². The Hall–Kier alpha value is -2.61. The molecule has 1 aromatic heterocycles. The Bertz CT molecular complexity index is 1190. The summed E-state index contributed by atoms with van der Waals surface area (Å²) in [5.41, 5.74) is 0.436. The number of benzene rings is 2. The van der Waals surface area contributed by atoms with Crippen LogP contribution in [0.5, 0.6) is 5.75 Å². The molecule has 9 heteroatoms. The van der Waals surface area contributed by atoms with Gasteiger partial charge >= 0.3 is 0 Å². The van der Waals surface area contributed by atoms with Crippen LogP contribution in [0, 0.1) is 10.1 Å². The van der Waals surface area contributed by atoms with Gasteiger partial charge in [-0.2, -0.15) is 0 Å². The van der Waals surface area contributed by atoms with E-state index in [1.165, 1.54) is 18.6 Å². The maximum absolute atomic E-state index is 13.0. The zero-order valence-electron chi connectivity index (χ0n) is 16.6. The number of rotatable bonds is 6. The molecule has 31 heavy (non-hydrogen) atoms. The number of halogens is 2. The highest BCUT2D eigenvalue weighted by molar-refractivity contribution is 6.34. The van der Waals surface area contributed by atoms with Crippen molar-refractivity contribution >= 4 is 39.8 Å². The molecule has 0 spiro atoms. The van der Waals surface area contributed by atoms with E-state index in [9.17, 15) is 14.9 Å². The van der Waals surface area contributed by atoms with Gasteiger partial charge in [0.25, 0.3) is 11.2 Å². The normalized spacial score (nSPS) is 16.4. The molecule has 1 fully saturated rings. The number of fused-ring (bicyclic) bond motifs is 1. The van der Waals surface area contributed by atoms with Gasteiger partial charge in [-0.1, -0.05) is 47.8 Å². The van der Waals surface area contributed by atoms with E-state index in [0.29, 0.717) is 34.1 Å². The van der Waals surface area contributed by atoms with Crippen molar-refractivity contribution in [2.24, 2.45) is 0 Å². The highest BCUT2D eigenvalue weighted by atomic mass is 35.5. The standard InChI is InChI=1S/C22H21Cl2N3O4/c23-16-7-2-1-6-14(16)20-21(31-10-8-13-5-3-4-9-25-13)15-11-19(27(29)30)17(24)12-18(15)26-22(20)28/h1-2,6-7,11-13,25H,3-5,8-10H2,(H,26,28). The van der Waals surface area contributed by atoms with Gasteiger partial charge in [0.2, 0.25) is 0 Å². The number of pyridine rings is 1. The zero-order chi connectivity index (χ0) is 22.0. The van der Waals surface area contributed by atoms with Gasteiger partial charge < -0.3 is 15.0 Å². The van der Waals surface area contributed by atoms with E-state index in [-0.39, 0.29) is 22.0 Å². The van der Waals surface area contributed by atoms with Gasteiger partial charge in [0.05, 0.1) is 22.6 Å². The summed E-state index contributed by atoms with van der Waals surface area (Å²) >= 11 is 12.4. The van der Waals surface area contributed by atoms with Crippen LogP contribution in [0.1, 0.15) is 25.7 Å². The van der Waals surface area contributed by atoms with E-state index in [1.54, 1.807) is 24.3 Å². The molecule has 0 bridgehead atoms. The largest absolute Gasteiger partial charge is 0.492 e. The molecular weight excluding hydrogens is 441 g/mol. The van der Waals surface area contributed by atoms with Crippen LogP contribution in [0.2, 0.25) is 10.0 Å². The van der Waals surface area contributed by atoms with Crippen molar-refractivity contribution in [1.29, 1.82) is 0 Å². The van der Waals surface area contributed by atoms with Crippen LogP contribution in [0.25, 0.3) is 22.0 Å². The van der Waals surface area contributed by atoms with E-state index in [1.807, 2.05) is 0 Å². The molecule has 3 aromatic rings. The Balaban J connectivity index is 1.84. The maximum Gasteiger partial charge on any atom is 0.288 e. The Morgan fingerprint density at radius 2 is 1.97 bits per heavy atom. The van der Waals surface area contributed by atoms with Crippen molar-refractivity contribution in [2.75, 3.05) is 13.2 Å². The molecule has 2 N–H and O–H groups in total. The van der Waals surface area contributed by atoms with Crippen LogP contribution in [-0.4, -0.2) is 29.1 Å². The molecule has 1 unspecified atom stereocenters. The molecular formula is C22H21Cl2N3O4. The van der Waals surface area contributed by atoms with Crippen molar-refractivity contribution in [1.82, 2.24) is 10.3 Å². The molecule has 0 radical (unpaired) electrons. The lowest BCUT2D eigenvalue weighted by Gasteiger charge is -2.23. The zero-order valence-corrected chi connectivity index (χ0v) is 18.1. The number of H-pyrrole nitrogens is 1. The molecule has 2 heterocycles. The SMILES string of the molecule is O=c1[nH]c2cc(Cl)c([N+](=O)[O-])cc2c(OCCC2CCCCN2)c1-c1ccccc1Cl. The van der Waals surface area contributed by atoms with Crippen LogP contribution in [0.3, 0.4) is 0 Å². The lowest BCUT2D eigenvalue weighted by atomic mass is 10.0. The van der Waals surface area contributed by atoms with Crippen molar-refractivity contribution in [3.8, 4) is 16.9 Å². The number of piperidine rings is 1. The number of aromatic nitrogens is 1. The number of ether oxygens (including phenoxy) is 1. The predicted octanol–water partition coefficient (Wildman–Crippen LogP) is 5.32. The Labute approximate surface area is 188 Å². The number of nitrogens with one attached hydrogen (secondary N) is 2. The fourth-order valence-electron chi connectivity index (χ4n) is 3.95. The average molecular weight is 462 g/mol. The van der Waals surface area contributed by atoms with Crippen molar-refractivity contribution in [3.05, 3.63) is 66.9 Å². The molecule has 0 saturated carbocycles. The molecule has 1 atom stereocenters. The second kappa shape index (κ2) is 9.26. The van der Waals surface area contributed by atoms with E-state index in [0.717, 1.165) is 25.8 Å². The smallest absolute Gasteiger partial charge is 0.288 e. The minimum absolute atomic E-state index is 0.0593. The fraction of sp³-hybridized carbons (Fsp3) is 0.318. The number of hydrogen-bond acceptors (Lipinski definition) is 5. The van der Waals surface area contributed by atoms with Gasteiger partial charge in [0.1, 0.15) is 10.8 Å². The van der Waals surface area contributed by atoms with E-state index in [4.69, 9.17) is 27.9 Å². The van der Waals surface area contributed by atoms with Crippen LogP contribution in [0.4, 0.5) is 5.69 Å². The summed E-state index contributed by atoms with van der Waals surface area (Å²) in [5.74, 6) is 0.266. The first-order valence-corrected chi connectivity index (χ1v) is 10.9. The first-order chi connectivity index (χ1) is 15.0. The van der Waals surface area contributed by atoms with Crippen molar-refractivity contribution < 1.29 is 9.66 Å². The number of hydrogen-bond donors (Lipinski definition) is 2. The highest BCUT2D eigenvalue weighted by Crippen LogP contribution is 2.39. The fourth-order valence-corrected chi connectivity index (χ4v) is 4.41. The van der Waals surface area contributed by atoms with Gasteiger partial charge in [-0.05, 0) is 37.9 Å². The van der Waals surface area contributed by atoms with Gasteiger partial charge in [-0.25, -0.2) is 0 Å². The third kappa shape index (κ3) is 4.54. The predicted molar refractivity (Wildman–Crippen MR) is 122 cm³/mol. The number of nitro groups is 1. The average Bonchev–Trinajstić information content (AvgIpc) is 2.74. The van der Waals surface area contributed by atoms with E-state index in [2.05, 4.69) is 10.3 Å². The number of aromatic amines is 1. The molecule has 162 valence electrons. The summed E-state index contributed by atoms with van der Waals surface area (Å²) in [7, 11) is 0. The summed E-state index contributed by atoms with van der Waals surface area (Å²) in [6, 6.07) is 9.99. The lowest BCUT2D eigenvalue weighted by Crippen LogP contribution is -2.35. The third-order valence-corrected chi connectivity index (χ3v) is 6.13. The lowest BCUT2D eigenvalue weighted by molar-refractivity contribution is -0.384. The minimum Gasteiger partial charge on any atom is -0.492 e. The van der Waals surface area contributed by atoms with Gasteiger partial charge in [-0.3, -0.25) is 14.9 Å². The third-order valence-electron chi connectivity index (χ3n) is 5.50. The molecule has 2 aromatic carbocycles. The molecule has 0 amide bonds. The first kappa shape index (κ1) is 21.6. The van der Waals surface area contributed by atoms with Crippen molar-refractivity contribution in [3.63, 3.8) is 0 Å². The summed E-state index contributed by atoms with van der Waals surface area (Å²) in [6.45, 7) is 1.33. The number of nitro benzene ring substituents is 1. The maximum atomic E-state index is 13.0. The van der Waals surface area contributed by atoms with Crippen LogP contribution in [0.15, 0.2) is 41.2 Å². The number of nitrogens with zero attached hydrogens (tertiary/aromatic N) is 1. The summed E-state index contributed by atoms with van der Waals surface area (Å²) in [4.78, 5) is 26.7. The molecule has 1 aliphatic heterocycles. The second-order valence-corrected chi connectivity index (χ2v) is 8.34. The summed E-state index contributed by atoms with van der Waals surface area (Å²) < 4.78 is 6.13. The second-order valence-electron chi connectivity index (χ2n) is 7.53. The molecule has 0 aliphatic carbocycles. The Morgan fingerprint density at radius 3 is 2.68 bits per heavy atom.